The number of hydrogen-bond acceptors (Lipinski definition) is 2. The van der Waals surface area contributed by atoms with Crippen molar-refractivity contribution in [3.05, 3.63) is 29.8 Å². The van der Waals surface area contributed by atoms with E-state index in [0.29, 0.717) is 5.92 Å². The SMILES string of the molecule is CC(C)C(C)NC(=O)CNc1c(F)cccc1F. The van der Waals surface area contributed by atoms with Crippen LogP contribution in [0.5, 0.6) is 0 Å². The van der Waals surface area contributed by atoms with Crippen molar-refractivity contribution in [1.82, 2.24) is 5.32 Å². The number of amides is 1. The van der Waals surface area contributed by atoms with Crippen molar-refractivity contribution in [1.29, 1.82) is 0 Å². The van der Waals surface area contributed by atoms with Gasteiger partial charge in [0, 0.05) is 6.04 Å². The first-order valence-electron chi connectivity index (χ1n) is 5.89. The summed E-state index contributed by atoms with van der Waals surface area (Å²) in [6.45, 7) is 5.69. The molecule has 0 aliphatic heterocycles. The van der Waals surface area contributed by atoms with Gasteiger partial charge in [0.15, 0.2) is 0 Å². The Labute approximate surface area is 106 Å². The number of carbonyl (C=O) groups is 1. The minimum absolute atomic E-state index is 0.0183. The van der Waals surface area contributed by atoms with E-state index >= 15 is 0 Å². The second-order valence-electron chi connectivity index (χ2n) is 4.55. The summed E-state index contributed by atoms with van der Waals surface area (Å²) in [5.74, 6) is -1.41. The number of benzene rings is 1. The van der Waals surface area contributed by atoms with Crippen LogP contribution in [0, 0.1) is 17.6 Å². The van der Waals surface area contributed by atoms with Crippen LogP contribution in [0.4, 0.5) is 14.5 Å². The standard InChI is InChI=1S/C13H18F2N2O/c1-8(2)9(3)17-12(18)7-16-13-10(14)5-4-6-11(13)15/h4-6,8-9,16H,7H2,1-3H3,(H,17,18). The van der Waals surface area contributed by atoms with Gasteiger partial charge in [-0.05, 0) is 25.0 Å². The third kappa shape index (κ3) is 3.98. The van der Waals surface area contributed by atoms with Gasteiger partial charge >= 0.3 is 0 Å². The molecule has 1 rings (SSSR count). The second-order valence-corrected chi connectivity index (χ2v) is 4.55. The van der Waals surface area contributed by atoms with Crippen molar-refractivity contribution in [2.45, 2.75) is 26.8 Å². The zero-order valence-electron chi connectivity index (χ0n) is 10.8. The van der Waals surface area contributed by atoms with Crippen LogP contribution < -0.4 is 10.6 Å². The molecule has 1 unspecified atom stereocenters. The average Bonchev–Trinajstić information content (AvgIpc) is 2.28. The molecule has 0 spiro atoms. The normalized spacial score (nSPS) is 12.3. The van der Waals surface area contributed by atoms with Gasteiger partial charge in [-0.3, -0.25) is 4.79 Å². The lowest BCUT2D eigenvalue weighted by Gasteiger charge is -2.17. The van der Waals surface area contributed by atoms with Crippen LogP contribution >= 0.6 is 0 Å². The molecule has 5 heteroatoms. The maximum Gasteiger partial charge on any atom is 0.239 e. The number of halogens is 2. The van der Waals surface area contributed by atoms with Gasteiger partial charge in [0.25, 0.3) is 0 Å². The Morgan fingerprint density at radius 1 is 1.22 bits per heavy atom. The number of hydrogen-bond donors (Lipinski definition) is 2. The summed E-state index contributed by atoms with van der Waals surface area (Å²) in [6.07, 6.45) is 0. The molecule has 100 valence electrons. The third-order valence-corrected chi connectivity index (χ3v) is 2.78. The Bertz CT molecular complexity index is 401. The highest BCUT2D eigenvalue weighted by Crippen LogP contribution is 2.17. The van der Waals surface area contributed by atoms with Gasteiger partial charge < -0.3 is 10.6 Å². The Balaban J connectivity index is 2.53. The molecule has 0 fully saturated rings. The molecule has 18 heavy (non-hydrogen) atoms. The van der Waals surface area contributed by atoms with Crippen LogP contribution in [-0.2, 0) is 4.79 Å². The summed E-state index contributed by atoms with van der Waals surface area (Å²) in [5, 5.41) is 5.21. The highest BCUT2D eigenvalue weighted by Gasteiger charge is 2.12. The molecule has 0 saturated carbocycles. The monoisotopic (exact) mass is 256 g/mol. The minimum atomic E-state index is -0.709. The molecule has 2 N–H and O–H groups in total. The summed E-state index contributed by atoms with van der Waals surface area (Å²) in [7, 11) is 0. The first-order valence-corrected chi connectivity index (χ1v) is 5.89. The summed E-state index contributed by atoms with van der Waals surface area (Å²) in [5.41, 5.74) is -0.273. The zero-order valence-corrected chi connectivity index (χ0v) is 10.8. The number of carbonyl (C=O) groups excluding carboxylic acids is 1. The molecule has 1 atom stereocenters. The van der Waals surface area contributed by atoms with Crippen molar-refractivity contribution in [3.63, 3.8) is 0 Å². The zero-order chi connectivity index (χ0) is 13.7. The Hall–Kier alpha value is -1.65. The van der Waals surface area contributed by atoms with Crippen LogP contribution in [0.25, 0.3) is 0 Å². The molecule has 0 aromatic heterocycles. The van der Waals surface area contributed by atoms with E-state index in [2.05, 4.69) is 10.6 Å². The molecular formula is C13H18F2N2O. The van der Waals surface area contributed by atoms with Crippen LogP contribution in [-0.4, -0.2) is 18.5 Å². The van der Waals surface area contributed by atoms with Crippen LogP contribution in [0.2, 0.25) is 0 Å². The fourth-order valence-electron chi connectivity index (χ4n) is 1.31. The lowest BCUT2D eigenvalue weighted by atomic mass is 10.1. The fourth-order valence-corrected chi connectivity index (χ4v) is 1.31. The summed E-state index contributed by atoms with van der Waals surface area (Å²) in [4.78, 5) is 11.5. The smallest absolute Gasteiger partial charge is 0.239 e. The van der Waals surface area contributed by atoms with E-state index in [-0.39, 0.29) is 24.2 Å². The van der Waals surface area contributed by atoms with Gasteiger partial charge in [-0.2, -0.15) is 0 Å². The highest BCUT2D eigenvalue weighted by atomic mass is 19.1. The summed E-state index contributed by atoms with van der Waals surface area (Å²) < 4.78 is 26.5. The lowest BCUT2D eigenvalue weighted by molar-refractivity contribution is -0.120. The molecule has 0 bridgehead atoms. The van der Waals surface area contributed by atoms with E-state index in [9.17, 15) is 13.6 Å². The van der Waals surface area contributed by atoms with E-state index in [4.69, 9.17) is 0 Å². The predicted molar refractivity (Wildman–Crippen MR) is 67.3 cm³/mol. The van der Waals surface area contributed by atoms with E-state index in [1.54, 1.807) is 0 Å². The molecule has 3 nitrogen and oxygen atoms in total. The average molecular weight is 256 g/mol. The Morgan fingerprint density at radius 3 is 2.28 bits per heavy atom. The van der Waals surface area contributed by atoms with E-state index in [1.807, 2.05) is 20.8 Å². The number of anilines is 1. The van der Waals surface area contributed by atoms with Crippen molar-refractivity contribution >= 4 is 11.6 Å². The van der Waals surface area contributed by atoms with Crippen LogP contribution in [0.1, 0.15) is 20.8 Å². The van der Waals surface area contributed by atoms with Crippen molar-refractivity contribution in [2.24, 2.45) is 5.92 Å². The first kappa shape index (κ1) is 14.4. The van der Waals surface area contributed by atoms with Gasteiger partial charge in [0.1, 0.15) is 17.3 Å². The molecule has 0 saturated heterocycles. The van der Waals surface area contributed by atoms with Crippen LogP contribution in [0.3, 0.4) is 0 Å². The number of para-hydroxylation sites is 1. The third-order valence-electron chi connectivity index (χ3n) is 2.78. The molecule has 0 heterocycles. The molecule has 0 radical (unpaired) electrons. The molecule has 1 aromatic carbocycles. The maximum absolute atomic E-state index is 13.3. The minimum Gasteiger partial charge on any atom is -0.371 e. The van der Waals surface area contributed by atoms with Gasteiger partial charge in [0.05, 0.1) is 6.54 Å². The van der Waals surface area contributed by atoms with Gasteiger partial charge in [-0.15, -0.1) is 0 Å². The van der Waals surface area contributed by atoms with Gasteiger partial charge in [-0.1, -0.05) is 19.9 Å². The number of rotatable bonds is 5. The highest BCUT2D eigenvalue weighted by molar-refractivity contribution is 5.81. The topological polar surface area (TPSA) is 41.1 Å². The van der Waals surface area contributed by atoms with E-state index in [1.165, 1.54) is 6.07 Å². The molecule has 0 aliphatic carbocycles. The van der Waals surface area contributed by atoms with Crippen molar-refractivity contribution < 1.29 is 13.6 Å². The largest absolute Gasteiger partial charge is 0.371 e. The summed E-state index contributed by atoms with van der Waals surface area (Å²) >= 11 is 0. The van der Waals surface area contributed by atoms with Crippen LogP contribution in [0.15, 0.2) is 18.2 Å². The van der Waals surface area contributed by atoms with Gasteiger partial charge in [0.2, 0.25) is 5.91 Å². The molecule has 0 aliphatic rings. The van der Waals surface area contributed by atoms with E-state index < -0.39 is 11.6 Å². The van der Waals surface area contributed by atoms with Crippen molar-refractivity contribution in [2.75, 3.05) is 11.9 Å². The lowest BCUT2D eigenvalue weighted by Crippen LogP contribution is -2.39. The second kappa shape index (κ2) is 6.33. The Kier molecular flexibility index (Phi) is 5.07. The molecular weight excluding hydrogens is 238 g/mol. The summed E-state index contributed by atoms with van der Waals surface area (Å²) in [6, 6.07) is 3.57. The maximum atomic E-state index is 13.3. The first-order chi connectivity index (χ1) is 8.41. The quantitative estimate of drug-likeness (QED) is 0.850. The van der Waals surface area contributed by atoms with Gasteiger partial charge in [-0.25, -0.2) is 8.78 Å². The van der Waals surface area contributed by atoms with E-state index in [0.717, 1.165) is 12.1 Å². The molecule has 1 amide bonds. The predicted octanol–water partition coefficient (Wildman–Crippen LogP) is 2.54. The van der Waals surface area contributed by atoms with Crippen molar-refractivity contribution in [3.8, 4) is 0 Å². The fraction of sp³-hybridized carbons (Fsp3) is 0.462. The molecule has 1 aromatic rings. The number of nitrogens with one attached hydrogen (secondary N) is 2. The Morgan fingerprint density at radius 2 is 1.78 bits per heavy atom.